The lowest BCUT2D eigenvalue weighted by atomic mass is 10.0. The molecular formula is C10H14BrNO. The van der Waals surface area contributed by atoms with Crippen LogP contribution in [0.4, 0.5) is 0 Å². The third kappa shape index (κ3) is 4.39. The molecule has 1 aromatic rings. The van der Waals surface area contributed by atoms with E-state index in [1.54, 1.807) is 6.20 Å². The van der Waals surface area contributed by atoms with Crippen LogP contribution in [0.2, 0.25) is 0 Å². The number of pyridine rings is 1. The van der Waals surface area contributed by atoms with Crippen molar-refractivity contribution in [1.29, 1.82) is 0 Å². The first-order valence-corrected chi connectivity index (χ1v) is 5.09. The third-order valence-electron chi connectivity index (χ3n) is 1.78. The van der Waals surface area contributed by atoms with Crippen LogP contribution in [0.25, 0.3) is 0 Å². The molecule has 1 aromatic heterocycles. The first-order chi connectivity index (χ1) is 5.97. The van der Waals surface area contributed by atoms with Crippen LogP contribution in [0, 0.1) is 0 Å². The third-order valence-corrected chi connectivity index (χ3v) is 2.25. The van der Waals surface area contributed by atoms with E-state index in [1.807, 2.05) is 26.0 Å². The first kappa shape index (κ1) is 10.7. The Bertz CT molecular complexity index is 263. The van der Waals surface area contributed by atoms with E-state index in [0.717, 1.165) is 23.0 Å². The molecule has 1 N–H and O–H groups in total. The molecule has 1 heterocycles. The molecule has 2 nitrogen and oxygen atoms in total. The minimum absolute atomic E-state index is 0.602. The Balaban J connectivity index is 2.51. The maximum atomic E-state index is 9.50. The van der Waals surface area contributed by atoms with Crippen LogP contribution >= 0.6 is 15.9 Å². The Morgan fingerprint density at radius 3 is 2.62 bits per heavy atom. The van der Waals surface area contributed by atoms with Gasteiger partial charge in [-0.05, 0) is 54.8 Å². The van der Waals surface area contributed by atoms with Crippen LogP contribution in [0.5, 0.6) is 0 Å². The molecular weight excluding hydrogens is 230 g/mol. The van der Waals surface area contributed by atoms with Crippen LogP contribution in [0.15, 0.2) is 22.8 Å². The average Bonchev–Trinajstić information content (AvgIpc) is 2.02. The van der Waals surface area contributed by atoms with Crippen LogP contribution < -0.4 is 0 Å². The van der Waals surface area contributed by atoms with Gasteiger partial charge in [-0.2, -0.15) is 0 Å². The summed E-state index contributed by atoms with van der Waals surface area (Å²) in [5.41, 5.74) is 0.416. The van der Waals surface area contributed by atoms with Gasteiger partial charge in [0.25, 0.3) is 0 Å². The molecule has 0 amide bonds. The van der Waals surface area contributed by atoms with Crippen molar-refractivity contribution in [2.24, 2.45) is 0 Å². The van der Waals surface area contributed by atoms with Crippen molar-refractivity contribution in [3.8, 4) is 0 Å². The largest absolute Gasteiger partial charge is 0.390 e. The van der Waals surface area contributed by atoms with Gasteiger partial charge in [0.2, 0.25) is 0 Å². The fraction of sp³-hybridized carbons (Fsp3) is 0.500. The van der Waals surface area contributed by atoms with E-state index in [9.17, 15) is 5.11 Å². The fourth-order valence-electron chi connectivity index (χ4n) is 0.988. The van der Waals surface area contributed by atoms with E-state index >= 15 is 0 Å². The van der Waals surface area contributed by atoms with Crippen molar-refractivity contribution >= 4 is 15.9 Å². The second kappa shape index (κ2) is 4.20. The standard InChI is InChI=1S/C10H14BrNO/c1-10(2,13)6-5-9-4-3-8(11)7-12-9/h3-4,7,13H,5-6H2,1-2H3. The summed E-state index contributed by atoms with van der Waals surface area (Å²) in [6.07, 6.45) is 3.33. The molecule has 0 bridgehead atoms. The first-order valence-electron chi connectivity index (χ1n) is 4.30. The van der Waals surface area contributed by atoms with Crippen molar-refractivity contribution in [1.82, 2.24) is 4.98 Å². The maximum Gasteiger partial charge on any atom is 0.0595 e. The number of hydrogen-bond acceptors (Lipinski definition) is 2. The summed E-state index contributed by atoms with van der Waals surface area (Å²) in [6, 6.07) is 3.93. The smallest absolute Gasteiger partial charge is 0.0595 e. The van der Waals surface area contributed by atoms with Crippen molar-refractivity contribution in [3.05, 3.63) is 28.5 Å². The Morgan fingerprint density at radius 1 is 1.46 bits per heavy atom. The summed E-state index contributed by atoms with van der Waals surface area (Å²) >= 11 is 3.32. The number of halogens is 1. The van der Waals surface area contributed by atoms with Gasteiger partial charge in [0.15, 0.2) is 0 Å². The quantitative estimate of drug-likeness (QED) is 0.886. The van der Waals surface area contributed by atoms with Gasteiger partial charge in [0.1, 0.15) is 0 Å². The summed E-state index contributed by atoms with van der Waals surface area (Å²) in [4.78, 5) is 4.22. The molecule has 0 aromatic carbocycles. The lowest BCUT2D eigenvalue weighted by molar-refractivity contribution is 0.0711. The molecule has 0 fully saturated rings. The molecule has 0 saturated carbocycles. The van der Waals surface area contributed by atoms with E-state index in [-0.39, 0.29) is 0 Å². The van der Waals surface area contributed by atoms with Crippen LogP contribution in [0.3, 0.4) is 0 Å². The van der Waals surface area contributed by atoms with Gasteiger partial charge in [-0.25, -0.2) is 0 Å². The highest BCUT2D eigenvalue weighted by molar-refractivity contribution is 9.10. The Hall–Kier alpha value is -0.410. The monoisotopic (exact) mass is 243 g/mol. The lowest BCUT2D eigenvalue weighted by Crippen LogP contribution is -2.19. The maximum absolute atomic E-state index is 9.50. The molecule has 72 valence electrons. The van der Waals surface area contributed by atoms with Gasteiger partial charge in [-0.1, -0.05) is 0 Å². The van der Waals surface area contributed by atoms with Crippen LogP contribution in [-0.4, -0.2) is 15.7 Å². The second-order valence-electron chi connectivity index (χ2n) is 3.78. The normalized spacial score (nSPS) is 11.7. The Morgan fingerprint density at radius 2 is 2.15 bits per heavy atom. The number of aliphatic hydroxyl groups is 1. The molecule has 0 saturated heterocycles. The number of nitrogens with zero attached hydrogens (tertiary/aromatic N) is 1. The predicted molar refractivity (Wildman–Crippen MR) is 56.6 cm³/mol. The van der Waals surface area contributed by atoms with Crippen molar-refractivity contribution in [2.45, 2.75) is 32.3 Å². The second-order valence-corrected chi connectivity index (χ2v) is 4.70. The van der Waals surface area contributed by atoms with Gasteiger partial charge in [-0.3, -0.25) is 4.98 Å². The molecule has 0 unspecified atom stereocenters. The summed E-state index contributed by atoms with van der Waals surface area (Å²) < 4.78 is 0.986. The number of aromatic nitrogens is 1. The van der Waals surface area contributed by atoms with Gasteiger partial charge < -0.3 is 5.11 Å². The summed E-state index contributed by atoms with van der Waals surface area (Å²) in [6.45, 7) is 3.62. The van der Waals surface area contributed by atoms with Gasteiger partial charge in [-0.15, -0.1) is 0 Å². The summed E-state index contributed by atoms with van der Waals surface area (Å²) in [5, 5.41) is 9.50. The zero-order valence-electron chi connectivity index (χ0n) is 7.92. The lowest BCUT2D eigenvalue weighted by Gasteiger charge is -2.15. The molecule has 1 rings (SSSR count). The van der Waals surface area contributed by atoms with E-state index < -0.39 is 5.60 Å². The highest BCUT2D eigenvalue weighted by Crippen LogP contribution is 2.13. The van der Waals surface area contributed by atoms with Crippen molar-refractivity contribution < 1.29 is 5.11 Å². The van der Waals surface area contributed by atoms with Crippen LogP contribution in [0.1, 0.15) is 26.0 Å². The molecule has 0 spiro atoms. The Kier molecular flexibility index (Phi) is 3.45. The number of aryl methyl sites for hydroxylation is 1. The summed E-state index contributed by atoms with van der Waals surface area (Å²) in [5.74, 6) is 0. The Labute approximate surface area is 87.1 Å². The predicted octanol–water partition coefficient (Wildman–Crippen LogP) is 2.55. The molecule has 0 atom stereocenters. The molecule has 3 heteroatoms. The fourth-order valence-corrected chi connectivity index (χ4v) is 1.22. The van der Waals surface area contributed by atoms with Gasteiger partial charge in [0.05, 0.1) is 5.60 Å². The molecule has 0 aliphatic rings. The average molecular weight is 244 g/mol. The van der Waals surface area contributed by atoms with E-state index in [2.05, 4.69) is 20.9 Å². The molecule has 0 aliphatic heterocycles. The van der Waals surface area contributed by atoms with E-state index in [4.69, 9.17) is 0 Å². The van der Waals surface area contributed by atoms with E-state index in [1.165, 1.54) is 0 Å². The zero-order valence-corrected chi connectivity index (χ0v) is 9.50. The SMILES string of the molecule is CC(C)(O)CCc1ccc(Br)cn1. The van der Waals surface area contributed by atoms with Crippen molar-refractivity contribution in [2.75, 3.05) is 0 Å². The number of hydrogen-bond donors (Lipinski definition) is 1. The summed E-state index contributed by atoms with van der Waals surface area (Å²) in [7, 11) is 0. The van der Waals surface area contributed by atoms with Crippen LogP contribution in [-0.2, 0) is 6.42 Å². The minimum Gasteiger partial charge on any atom is -0.390 e. The van der Waals surface area contributed by atoms with Crippen molar-refractivity contribution in [3.63, 3.8) is 0 Å². The molecule has 0 radical (unpaired) electrons. The van der Waals surface area contributed by atoms with Gasteiger partial charge >= 0.3 is 0 Å². The number of rotatable bonds is 3. The molecule has 0 aliphatic carbocycles. The zero-order chi connectivity index (χ0) is 9.90. The highest BCUT2D eigenvalue weighted by atomic mass is 79.9. The highest BCUT2D eigenvalue weighted by Gasteiger charge is 2.12. The van der Waals surface area contributed by atoms with E-state index in [0.29, 0.717) is 0 Å². The van der Waals surface area contributed by atoms with Gasteiger partial charge in [0, 0.05) is 16.4 Å². The topological polar surface area (TPSA) is 33.1 Å². The minimum atomic E-state index is -0.602. The molecule has 13 heavy (non-hydrogen) atoms.